The van der Waals surface area contributed by atoms with Crippen LogP contribution in [0.15, 0.2) is 76.4 Å². The molecule has 0 bridgehead atoms. The Labute approximate surface area is 235 Å². The highest BCUT2D eigenvalue weighted by molar-refractivity contribution is 7.86. The Hall–Kier alpha value is -4.42. The average molecular weight is 579 g/mol. The lowest BCUT2D eigenvalue weighted by Gasteiger charge is -2.34. The molecule has 0 spiro atoms. The zero-order valence-corrected chi connectivity index (χ0v) is 23.0. The number of carbonyl (C=O) groups excluding carboxylic acids is 2. The highest BCUT2D eigenvalue weighted by Gasteiger charge is 2.28. The summed E-state index contributed by atoms with van der Waals surface area (Å²) < 4.78 is 44.5. The smallest absolute Gasteiger partial charge is 0.297 e. The molecule has 1 aliphatic rings. The number of halogens is 1. The van der Waals surface area contributed by atoms with Crippen LogP contribution in [0.2, 0.25) is 0 Å². The van der Waals surface area contributed by atoms with E-state index in [0.717, 1.165) is 5.56 Å². The van der Waals surface area contributed by atoms with Crippen molar-refractivity contribution in [3.8, 4) is 0 Å². The van der Waals surface area contributed by atoms with Crippen LogP contribution >= 0.6 is 0 Å². The minimum atomic E-state index is -4.09. The van der Waals surface area contributed by atoms with E-state index < -0.39 is 34.4 Å². The van der Waals surface area contributed by atoms with Crippen LogP contribution in [0.4, 0.5) is 4.39 Å². The molecule has 10 nitrogen and oxygen atoms in total. The van der Waals surface area contributed by atoms with Gasteiger partial charge in [-0.15, -0.1) is 0 Å². The van der Waals surface area contributed by atoms with Crippen LogP contribution in [-0.2, 0) is 25.5 Å². The number of fused-ring (bicyclic) bond motifs is 1. The lowest BCUT2D eigenvalue weighted by Crippen LogP contribution is -2.51. The summed E-state index contributed by atoms with van der Waals surface area (Å²) in [5.41, 5.74) is 1.70. The van der Waals surface area contributed by atoms with Crippen LogP contribution < -0.4 is 5.56 Å². The first kappa shape index (κ1) is 28.1. The molecule has 12 heteroatoms. The zero-order valence-electron chi connectivity index (χ0n) is 22.2. The number of nitrogens with one attached hydrogen (secondary N) is 1. The number of aromatic amines is 1. The molecule has 0 unspecified atom stereocenters. The summed E-state index contributed by atoms with van der Waals surface area (Å²) in [6, 6.07) is 17.4. The second-order valence-electron chi connectivity index (χ2n) is 9.74. The first-order valence-electron chi connectivity index (χ1n) is 12.9. The van der Waals surface area contributed by atoms with E-state index in [1.54, 1.807) is 42.5 Å². The van der Waals surface area contributed by atoms with Gasteiger partial charge in [0.05, 0.1) is 21.5 Å². The number of H-pyrrole nitrogens is 1. The van der Waals surface area contributed by atoms with Crippen molar-refractivity contribution in [2.24, 2.45) is 0 Å². The van der Waals surface area contributed by atoms with Crippen molar-refractivity contribution in [3.05, 3.63) is 105 Å². The summed E-state index contributed by atoms with van der Waals surface area (Å²) in [6.45, 7) is 1.74. The van der Waals surface area contributed by atoms with Crippen molar-refractivity contribution < 1.29 is 26.6 Å². The third-order valence-electron chi connectivity index (χ3n) is 6.97. The molecule has 3 aromatic carbocycles. The molecule has 2 heterocycles. The van der Waals surface area contributed by atoms with E-state index in [0.29, 0.717) is 22.0 Å². The van der Waals surface area contributed by atoms with E-state index in [1.165, 1.54) is 34.1 Å². The maximum absolute atomic E-state index is 14.8. The Morgan fingerprint density at radius 3 is 2.32 bits per heavy atom. The van der Waals surface area contributed by atoms with Gasteiger partial charge in [0.25, 0.3) is 21.6 Å². The molecular weight excluding hydrogens is 551 g/mol. The van der Waals surface area contributed by atoms with E-state index in [1.807, 2.05) is 6.92 Å². The predicted molar refractivity (Wildman–Crippen MR) is 148 cm³/mol. The maximum atomic E-state index is 14.8. The second kappa shape index (κ2) is 11.6. The number of aromatic nitrogens is 2. The van der Waals surface area contributed by atoms with Gasteiger partial charge in [0.15, 0.2) is 0 Å². The molecule has 1 aromatic heterocycles. The minimum Gasteiger partial charge on any atom is -0.337 e. The number of aryl methyl sites for hydroxylation is 1. The fraction of sp³-hybridized carbons (Fsp3) is 0.241. The summed E-state index contributed by atoms with van der Waals surface area (Å²) in [5.74, 6) is -1.72. The molecular formula is C29H27FN4O6S. The van der Waals surface area contributed by atoms with E-state index in [4.69, 9.17) is 4.18 Å². The van der Waals surface area contributed by atoms with Gasteiger partial charge in [0.1, 0.15) is 12.4 Å². The molecule has 0 saturated carbocycles. The van der Waals surface area contributed by atoms with Gasteiger partial charge >= 0.3 is 0 Å². The Kier molecular flexibility index (Phi) is 7.95. The SMILES string of the molecule is Cc1ccc(S(=O)(=O)OCC(=O)N2CCN(C(=O)c3cc(Cc4n[nH]c(=O)c5ccccc45)ccc3F)CC2)cc1. The van der Waals surface area contributed by atoms with Crippen molar-refractivity contribution in [1.82, 2.24) is 20.0 Å². The molecule has 0 aliphatic carbocycles. The molecule has 0 atom stereocenters. The van der Waals surface area contributed by atoms with Gasteiger partial charge in [-0.1, -0.05) is 42.0 Å². The maximum Gasteiger partial charge on any atom is 0.297 e. The van der Waals surface area contributed by atoms with Crippen LogP contribution in [0.1, 0.15) is 27.2 Å². The summed E-state index contributed by atoms with van der Waals surface area (Å²) in [6.07, 6.45) is 0.269. The molecule has 4 aromatic rings. The van der Waals surface area contributed by atoms with Gasteiger partial charge in [-0.25, -0.2) is 9.49 Å². The van der Waals surface area contributed by atoms with Crippen molar-refractivity contribution in [3.63, 3.8) is 0 Å². The van der Waals surface area contributed by atoms with E-state index in [2.05, 4.69) is 10.2 Å². The van der Waals surface area contributed by atoms with E-state index >= 15 is 0 Å². The molecule has 5 rings (SSSR count). The van der Waals surface area contributed by atoms with Crippen LogP contribution in [0, 0.1) is 12.7 Å². The molecule has 1 fully saturated rings. The van der Waals surface area contributed by atoms with Crippen LogP contribution in [0.5, 0.6) is 0 Å². The molecule has 2 amide bonds. The van der Waals surface area contributed by atoms with Crippen LogP contribution in [-0.4, -0.2) is 73.0 Å². The van der Waals surface area contributed by atoms with E-state index in [9.17, 15) is 27.2 Å². The number of piperazine rings is 1. The predicted octanol–water partition coefficient (Wildman–Crippen LogP) is 2.65. The van der Waals surface area contributed by atoms with Crippen LogP contribution in [0.3, 0.4) is 0 Å². The van der Waals surface area contributed by atoms with Crippen molar-refractivity contribution in [2.75, 3.05) is 32.8 Å². The molecule has 0 radical (unpaired) electrons. The molecule has 41 heavy (non-hydrogen) atoms. The monoisotopic (exact) mass is 578 g/mol. The third kappa shape index (κ3) is 6.18. The van der Waals surface area contributed by atoms with Crippen molar-refractivity contribution >= 4 is 32.7 Å². The fourth-order valence-electron chi connectivity index (χ4n) is 4.67. The van der Waals surface area contributed by atoms with Gasteiger partial charge in [-0.3, -0.25) is 18.6 Å². The first-order chi connectivity index (χ1) is 19.6. The van der Waals surface area contributed by atoms with Crippen molar-refractivity contribution in [2.45, 2.75) is 18.2 Å². The number of hydrogen-bond acceptors (Lipinski definition) is 7. The van der Waals surface area contributed by atoms with Gasteiger partial charge in [-0.05, 0) is 42.8 Å². The number of benzene rings is 3. The van der Waals surface area contributed by atoms with Gasteiger partial charge in [0, 0.05) is 38.0 Å². The highest BCUT2D eigenvalue weighted by Crippen LogP contribution is 2.20. The summed E-state index contributed by atoms with van der Waals surface area (Å²) in [5, 5.41) is 7.79. The standard InChI is InChI=1S/C29H27FN4O6S/c1-19-6-9-21(10-7-19)41(38,39)40-18-27(35)33-12-14-34(15-13-33)29(37)24-16-20(8-11-25(24)30)17-26-22-4-2-3-5-23(22)28(36)32-31-26/h2-11,16H,12-15,17-18H2,1H3,(H,32,36). The van der Waals surface area contributed by atoms with E-state index in [-0.39, 0.29) is 48.6 Å². The van der Waals surface area contributed by atoms with Gasteiger partial charge < -0.3 is 9.80 Å². The number of amides is 2. The Morgan fingerprint density at radius 1 is 0.951 bits per heavy atom. The quantitative estimate of drug-likeness (QED) is 0.334. The highest BCUT2D eigenvalue weighted by atomic mass is 32.2. The number of hydrogen-bond donors (Lipinski definition) is 1. The minimum absolute atomic E-state index is 0.0416. The molecule has 1 aliphatic heterocycles. The molecule has 1 N–H and O–H groups in total. The summed E-state index contributed by atoms with van der Waals surface area (Å²) in [4.78, 5) is 40.7. The molecule has 1 saturated heterocycles. The lowest BCUT2D eigenvalue weighted by atomic mass is 10.0. The molecule has 212 valence electrons. The fourth-order valence-corrected chi connectivity index (χ4v) is 5.53. The number of nitrogens with zero attached hydrogens (tertiary/aromatic N) is 3. The normalized spacial score (nSPS) is 13.9. The van der Waals surface area contributed by atoms with Crippen molar-refractivity contribution in [1.29, 1.82) is 0 Å². The van der Waals surface area contributed by atoms with Gasteiger partial charge in [-0.2, -0.15) is 13.5 Å². The second-order valence-corrected chi connectivity index (χ2v) is 11.4. The Bertz CT molecular complexity index is 1780. The largest absolute Gasteiger partial charge is 0.337 e. The van der Waals surface area contributed by atoms with Crippen LogP contribution in [0.25, 0.3) is 10.8 Å². The topological polar surface area (TPSA) is 130 Å². The summed E-state index contributed by atoms with van der Waals surface area (Å²) >= 11 is 0. The average Bonchev–Trinajstić information content (AvgIpc) is 2.98. The zero-order chi connectivity index (χ0) is 29.1. The number of carbonyl (C=O) groups is 2. The first-order valence-corrected chi connectivity index (χ1v) is 14.3. The Balaban J connectivity index is 1.21. The Morgan fingerprint density at radius 2 is 1.61 bits per heavy atom. The summed E-state index contributed by atoms with van der Waals surface area (Å²) in [7, 11) is -4.09. The number of rotatable bonds is 7. The lowest BCUT2D eigenvalue weighted by molar-refractivity contribution is -0.134. The third-order valence-corrected chi connectivity index (χ3v) is 8.25. The van der Waals surface area contributed by atoms with Gasteiger partial charge in [0.2, 0.25) is 5.91 Å².